The summed E-state index contributed by atoms with van der Waals surface area (Å²) in [5, 5.41) is 3.87. The van der Waals surface area contributed by atoms with E-state index in [0.29, 0.717) is 18.7 Å². The van der Waals surface area contributed by atoms with Gasteiger partial charge in [-0.05, 0) is 36.3 Å². The van der Waals surface area contributed by atoms with Crippen LogP contribution in [0.4, 0.5) is 4.39 Å². The Labute approximate surface area is 115 Å². The summed E-state index contributed by atoms with van der Waals surface area (Å²) in [5.41, 5.74) is 13.7. The Balaban J connectivity index is 1.80. The number of nitrogens with zero attached hydrogens (tertiary/aromatic N) is 1. The maximum absolute atomic E-state index is 13.3. The monoisotopic (exact) mass is 273 g/mol. The third kappa shape index (κ3) is 2.37. The molecule has 5 nitrogen and oxygen atoms in total. The molecule has 1 aliphatic heterocycles. The van der Waals surface area contributed by atoms with E-state index in [0.717, 1.165) is 16.5 Å². The number of benzene rings is 1. The number of hydrogen-bond acceptors (Lipinski definition) is 4. The largest absolute Gasteiger partial charge is 0.384 e. The first-order valence-electron chi connectivity index (χ1n) is 6.40. The maximum Gasteiger partial charge on any atom is 0.184 e. The molecule has 6 heteroatoms. The number of H-pyrrole nitrogens is 1. The molecule has 3 rings (SSSR count). The van der Waals surface area contributed by atoms with Crippen molar-refractivity contribution in [2.45, 2.75) is 18.6 Å². The molecule has 1 unspecified atom stereocenters. The predicted molar refractivity (Wildman–Crippen MR) is 77.4 cm³/mol. The summed E-state index contributed by atoms with van der Waals surface area (Å²) in [5.74, 6) is -0.756. The van der Waals surface area contributed by atoms with Gasteiger partial charge in [0.15, 0.2) is 5.79 Å². The van der Waals surface area contributed by atoms with Gasteiger partial charge in [-0.3, -0.25) is 5.73 Å². The molecule has 1 atom stereocenters. The average Bonchev–Trinajstić information content (AvgIpc) is 2.78. The number of hydrogen-bond donors (Lipinski definition) is 4. The van der Waals surface area contributed by atoms with Crippen LogP contribution in [0.25, 0.3) is 10.9 Å². The molecule has 2 aromatic rings. The molecule has 0 radical (unpaired) electrons. The zero-order valence-electron chi connectivity index (χ0n) is 10.9. The van der Waals surface area contributed by atoms with E-state index in [9.17, 15) is 4.39 Å². The van der Waals surface area contributed by atoms with Gasteiger partial charge in [-0.2, -0.15) is 0 Å². The number of halogens is 1. The van der Waals surface area contributed by atoms with Crippen molar-refractivity contribution in [3.05, 3.63) is 48.1 Å². The summed E-state index contributed by atoms with van der Waals surface area (Å²) in [6, 6.07) is 4.69. The zero-order chi connectivity index (χ0) is 14.2. The van der Waals surface area contributed by atoms with Gasteiger partial charge in [0.2, 0.25) is 0 Å². The Kier molecular flexibility index (Phi) is 2.94. The van der Waals surface area contributed by atoms with Crippen molar-refractivity contribution in [3.8, 4) is 0 Å². The van der Waals surface area contributed by atoms with E-state index < -0.39 is 5.79 Å². The van der Waals surface area contributed by atoms with Crippen LogP contribution < -0.4 is 16.8 Å². The Morgan fingerprint density at radius 3 is 3.00 bits per heavy atom. The first-order chi connectivity index (χ1) is 9.56. The SMILES string of the molecule is NC1=NC(N)(CCc2c[nH]c3ccc(F)cc23)NC=C1. The summed E-state index contributed by atoms with van der Waals surface area (Å²) < 4.78 is 13.3. The fourth-order valence-electron chi connectivity index (χ4n) is 2.38. The van der Waals surface area contributed by atoms with E-state index in [1.807, 2.05) is 6.20 Å². The van der Waals surface area contributed by atoms with Crippen LogP contribution in [0.2, 0.25) is 0 Å². The first kappa shape index (κ1) is 12.7. The van der Waals surface area contributed by atoms with Gasteiger partial charge in [0.1, 0.15) is 11.7 Å². The minimum Gasteiger partial charge on any atom is -0.384 e. The fourth-order valence-corrected chi connectivity index (χ4v) is 2.38. The predicted octanol–water partition coefficient (Wildman–Crippen LogP) is 1.33. The van der Waals surface area contributed by atoms with Gasteiger partial charge in [-0.15, -0.1) is 0 Å². The minimum absolute atomic E-state index is 0.248. The lowest BCUT2D eigenvalue weighted by Gasteiger charge is -2.28. The Morgan fingerprint density at radius 1 is 1.35 bits per heavy atom. The lowest BCUT2D eigenvalue weighted by molar-refractivity contribution is 0.364. The van der Waals surface area contributed by atoms with E-state index >= 15 is 0 Å². The number of nitrogens with two attached hydrogens (primary N) is 2. The van der Waals surface area contributed by atoms with Crippen LogP contribution in [0.5, 0.6) is 0 Å². The summed E-state index contributed by atoms with van der Waals surface area (Å²) >= 11 is 0. The third-order valence-corrected chi connectivity index (χ3v) is 3.42. The number of aromatic amines is 1. The summed E-state index contributed by atoms with van der Waals surface area (Å²) in [4.78, 5) is 7.32. The Bertz CT molecular complexity index is 703. The van der Waals surface area contributed by atoms with Crippen LogP contribution in [0, 0.1) is 5.82 Å². The normalized spacial score (nSPS) is 21.8. The topological polar surface area (TPSA) is 92.2 Å². The lowest BCUT2D eigenvalue weighted by atomic mass is 10.0. The molecular formula is C14H16FN5. The highest BCUT2D eigenvalue weighted by Crippen LogP contribution is 2.22. The van der Waals surface area contributed by atoms with E-state index in [1.54, 1.807) is 18.3 Å². The molecule has 0 fully saturated rings. The molecule has 1 aromatic heterocycles. The van der Waals surface area contributed by atoms with Crippen LogP contribution in [0.3, 0.4) is 0 Å². The molecule has 104 valence electrons. The smallest absolute Gasteiger partial charge is 0.184 e. The fraction of sp³-hybridized carbons (Fsp3) is 0.214. The lowest BCUT2D eigenvalue weighted by Crippen LogP contribution is -2.52. The van der Waals surface area contributed by atoms with Crippen molar-refractivity contribution >= 4 is 16.7 Å². The van der Waals surface area contributed by atoms with Gasteiger partial charge >= 0.3 is 0 Å². The van der Waals surface area contributed by atoms with Gasteiger partial charge in [-0.1, -0.05) is 0 Å². The molecule has 1 aromatic carbocycles. The molecule has 0 saturated heterocycles. The number of amidine groups is 1. The zero-order valence-corrected chi connectivity index (χ0v) is 10.9. The highest BCUT2D eigenvalue weighted by atomic mass is 19.1. The van der Waals surface area contributed by atoms with E-state index in [1.165, 1.54) is 12.1 Å². The van der Waals surface area contributed by atoms with Crippen molar-refractivity contribution < 1.29 is 4.39 Å². The molecule has 0 spiro atoms. The number of aliphatic imine (C=N–C) groups is 1. The molecule has 1 aliphatic rings. The van der Waals surface area contributed by atoms with Crippen LogP contribution in [-0.2, 0) is 6.42 Å². The second-order valence-electron chi connectivity index (χ2n) is 4.94. The van der Waals surface area contributed by atoms with Crippen LogP contribution in [0.1, 0.15) is 12.0 Å². The average molecular weight is 273 g/mol. The highest BCUT2D eigenvalue weighted by Gasteiger charge is 2.24. The van der Waals surface area contributed by atoms with Gasteiger partial charge < -0.3 is 16.0 Å². The van der Waals surface area contributed by atoms with Crippen molar-refractivity contribution in [1.82, 2.24) is 10.3 Å². The molecule has 0 aliphatic carbocycles. The molecule has 2 heterocycles. The van der Waals surface area contributed by atoms with Crippen molar-refractivity contribution in [3.63, 3.8) is 0 Å². The van der Waals surface area contributed by atoms with Gasteiger partial charge in [-0.25, -0.2) is 9.38 Å². The molecule has 0 saturated carbocycles. The van der Waals surface area contributed by atoms with Gasteiger partial charge in [0.05, 0.1) is 0 Å². The van der Waals surface area contributed by atoms with E-state index in [4.69, 9.17) is 11.5 Å². The molecule has 0 bridgehead atoms. The minimum atomic E-state index is -0.907. The third-order valence-electron chi connectivity index (χ3n) is 3.42. The van der Waals surface area contributed by atoms with E-state index in [2.05, 4.69) is 15.3 Å². The quantitative estimate of drug-likeness (QED) is 0.679. The Morgan fingerprint density at radius 2 is 2.20 bits per heavy atom. The number of fused-ring (bicyclic) bond motifs is 1. The molecule has 6 N–H and O–H groups in total. The van der Waals surface area contributed by atoms with Crippen molar-refractivity contribution in [1.29, 1.82) is 0 Å². The number of nitrogens with one attached hydrogen (secondary N) is 2. The number of aromatic nitrogens is 1. The van der Waals surface area contributed by atoms with Crippen LogP contribution in [0.15, 0.2) is 41.7 Å². The van der Waals surface area contributed by atoms with Crippen molar-refractivity contribution in [2.24, 2.45) is 16.5 Å². The van der Waals surface area contributed by atoms with Gasteiger partial charge in [0.25, 0.3) is 0 Å². The first-order valence-corrected chi connectivity index (χ1v) is 6.40. The van der Waals surface area contributed by atoms with Gasteiger partial charge in [0, 0.05) is 29.7 Å². The number of rotatable bonds is 3. The van der Waals surface area contributed by atoms with Crippen molar-refractivity contribution in [2.75, 3.05) is 0 Å². The molecule has 0 amide bonds. The second kappa shape index (κ2) is 4.64. The molecule has 20 heavy (non-hydrogen) atoms. The second-order valence-corrected chi connectivity index (χ2v) is 4.94. The maximum atomic E-state index is 13.3. The van der Waals surface area contributed by atoms with Crippen LogP contribution >= 0.6 is 0 Å². The highest BCUT2D eigenvalue weighted by molar-refractivity contribution is 5.92. The molecular weight excluding hydrogens is 257 g/mol. The summed E-state index contributed by atoms with van der Waals surface area (Å²) in [6.45, 7) is 0. The van der Waals surface area contributed by atoms with E-state index in [-0.39, 0.29) is 5.82 Å². The Hall–Kier alpha value is -2.34. The number of aryl methyl sites for hydroxylation is 1. The van der Waals surface area contributed by atoms with Crippen LogP contribution in [-0.4, -0.2) is 16.6 Å². The standard InChI is InChI=1S/C14H16FN5/c15-10-1-2-12-11(7-10)9(8-18-12)3-5-14(17)19-6-4-13(16)20-14/h1-2,4,6-8,18-19H,3,5,17H2,(H2,16,20). The summed E-state index contributed by atoms with van der Waals surface area (Å²) in [6.07, 6.45) is 6.45. The summed E-state index contributed by atoms with van der Waals surface area (Å²) in [7, 11) is 0.